The first-order valence-electron chi connectivity index (χ1n) is 6.58. The van der Waals surface area contributed by atoms with Crippen molar-refractivity contribution in [3.05, 3.63) is 29.6 Å². The molecule has 1 N–H and O–H groups in total. The van der Waals surface area contributed by atoms with Crippen molar-refractivity contribution >= 4 is 23.5 Å². The predicted octanol–water partition coefficient (Wildman–Crippen LogP) is 2.76. The van der Waals surface area contributed by atoms with E-state index in [0.717, 1.165) is 12.1 Å². The van der Waals surface area contributed by atoms with Crippen molar-refractivity contribution < 1.29 is 0 Å². The lowest BCUT2D eigenvalue weighted by Gasteiger charge is -2.21. The number of hydrogen-bond donors (Lipinski definition) is 1. The highest BCUT2D eigenvalue weighted by atomic mass is 32.2. The van der Waals surface area contributed by atoms with E-state index in [1.54, 1.807) is 0 Å². The number of nitrogens with zero attached hydrogens (tertiary/aromatic N) is 1. The Kier molecular flexibility index (Phi) is 5.86. The van der Waals surface area contributed by atoms with Gasteiger partial charge < -0.3 is 5.32 Å². The smallest absolute Gasteiger partial charge is 0.0422 e. The van der Waals surface area contributed by atoms with Gasteiger partial charge in [-0.1, -0.05) is 6.07 Å². The summed E-state index contributed by atoms with van der Waals surface area (Å²) >= 11 is 4.15. The van der Waals surface area contributed by atoms with Crippen LogP contribution in [0.25, 0.3) is 0 Å². The highest BCUT2D eigenvalue weighted by Gasteiger charge is 2.15. The minimum Gasteiger partial charge on any atom is -0.309 e. The topological polar surface area (TPSA) is 24.9 Å². The maximum absolute atomic E-state index is 4.57. The zero-order chi connectivity index (χ0) is 12.8. The molecule has 1 fully saturated rings. The van der Waals surface area contributed by atoms with Gasteiger partial charge in [-0.15, -0.1) is 0 Å². The van der Waals surface area contributed by atoms with E-state index >= 15 is 0 Å². The third-order valence-corrected chi connectivity index (χ3v) is 5.51. The number of thioether (sulfide) groups is 2. The molecule has 0 amide bonds. The average molecular weight is 282 g/mol. The van der Waals surface area contributed by atoms with Crippen LogP contribution in [0.5, 0.6) is 0 Å². The molecule has 1 aliphatic rings. The Morgan fingerprint density at radius 1 is 1.33 bits per heavy atom. The van der Waals surface area contributed by atoms with Crippen LogP contribution in [0.4, 0.5) is 0 Å². The minimum absolute atomic E-state index is 0.503. The van der Waals surface area contributed by atoms with Crippen molar-refractivity contribution in [2.24, 2.45) is 0 Å². The molecule has 100 valence electrons. The number of pyridine rings is 1. The molecule has 2 rings (SSSR count). The minimum atomic E-state index is 0.503. The van der Waals surface area contributed by atoms with Gasteiger partial charge in [-0.3, -0.25) is 4.98 Å². The van der Waals surface area contributed by atoms with E-state index in [1.165, 1.54) is 28.7 Å². The summed E-state index contributed by atoms with van der Waals surface area (Å²) in [5, 5.41) is 3.75. The molecule has 2 nitrogen and oxygen atoms in total. The molecule has 0 aromatic carbocycles. The fourth-order valence-electron chi connectivity index (χ4n) is 2.20. The summed E-state index contributed by atoms with van der Waals surface area (Å²) in [4.78, 5) is 4.57. The van der Waals surface area contributed by atoms with E-state index in [2.05, 4.69) is 65.9 Å². The molecule has 0 unspecified atom stereocenters. The van der Waals surface area contributed by atoms with E-state index in [4.69, 9.17) is 0 Å². The van der Waals surface area contributed by atoms with Crippen LogP contribution in [0, 0.1) is 6.92 Å². The first kappa shape index (κ1) is 14.2. The SMILES string of the molecule is Cc1cccc(C[C@@H](C)NC2CSCCSC2)n1. The van der Waals surface area contributed by atoms with Gasteiger partial charge in [0.15, 0.2) is 0 Å². The van der Waals surface area contributed by atoms with Gasteiger partial charge in [0.25, 0.3) is 0 Å². The quantitative estimate of drug-likeness (QED) is 0.918. The highest BCUT2D eigenvalue weighted by Crippen LogP contribution is 2.17. The summed E-state index contributed by atoms with van der Waals surface area (Å²) in [6.07, 6.45) is 1.02. The average Bonchev–Trinajstić information content (AvgIpc) is 2.57. The van der Waals surface area contributed by atoms with Crippen LogP contribution < -0.4 is 5.32 Å². The lowest BCUT2D eigenvalue weighted by molar-refractivity contribution is 0.493. The molecule has 18 heavy (non-hydrogen) atoms. The van der Waals surface area contributed by atoms with Crippen LogP contribution in [0.3, 0.4) is 0 Å². The Balaban J connectivity index is 1.82. The molecule has 0 aliphatic carbocycles. The molecule has 0 saturated carbocycles. The molecule has 1 aliphatic heterocycles. The zero-order valence-electron chi connectivity index (χ0n) is 11.2. The van der Waals surface area contributed by atoms with Crippen molar-refractivity contribution in [2.45, 2.75) is 32.4 Å². The van der Waals surface area contributed by atoms with Crippen molar-refractivity contribution in [1.29, 1.82) is 0 Å². The van der Waals surface area contributed by atoms with Gasteiger partial charge in [0.05, 0.1) is 0 Å². The number of aryl methyl sites for hydroxylation is 1. The third-order valence-electron chi connectivity index (χ3n) is 2.99. The zero-order valence-corrected chi connectivity index (χ0v) is 12.8. The maximum Gasteiger partial charge on any atom is 0.0422 e. The van der Waals surface area contributed by atoms with Crippen molar-refractivity contribution in [3.8, 4) is 0 Å². The van der Waals surface area contributed by atoms with Gasteiger partial charge in [-0.2, -0.15) is 23.5 Å². The molecular weight excluding hydrogens is 260 g/mol. The van der Waals surface area contributed by atoms with E-state index in [0.29, 0.717) is 12.1 Å². The summed E-state index contributed by atoms with van der Waals surface area (Å²) in [5.41, 5.74) is 2.31. The van der Waals surface area contributed by atoms with Crippen LogP contribution in [0.2, 0.25) is 0 Å². The molecule has 1 aromatic rings. The third kappa shape index (κ3) is 4.82. The second-order valence-corrected chi connectivity index (χ2v) is 7.19. The van der Waals surface area contributed by atoms with Gasteiger partial charge in [0.1, 0.15) is 0 Å². The Hall–Kier alpha value is -0.190. The molecule has 1 aromatic heterocycles. The van der Waals surface area contributed by atoms with E-state index in [9.17, 15) is 0 Å². The number of aromatic nitrogens is 1. The second-order valence-electron chi connectivity index (χ2n) is 4.89. The fraction of sp³-hybridized carbons (Fsp3) is 0.643. The maximum atomic E-state index is 4.57. The molecular formula is C14H22N2S2. The van der Waals surface area contributed by atoms with E-state index in [-0.39, 0.29) is 0 Å². The van der Waals surface area contributed by atoms with Gasteiger partial charge >= 0.3 is 0 Å². The fourth-order valence-corrected chi connectivity index (χ4v) is 4.62. The second kappa shape index (κ2) is 7.41. The van der Waals surface area contributed by atoms with Crippen LogP contribution in [-0.2, 0) is 6.42 Å². The lowest BCUT2D eigenvalue weighted by Crippen LogP contribution is -2.40. The summed E-state index contributed by atoms with van der Waals surface area (Å²) in [5.74, 6) is 5.10. The Morgan fingerprint density at radius 3 is 2.72 bits per heavy atom. The number of rotatable bonds is 4. The molecule has 1 atom stereocenters. The highest BCUT2D eigenvalue weighted by molar-refractivity contribution is 8.03. The summed E-state index contributed by atoms with van der Waals surface area (Å²) in [7, 11) is 0. The molecule has 0 bridgehead atoms. The van der Waals surface area contributed by atoms with E-state index in [1.807, 2.05) is 0 Å². The summed E-state index contributed by atoms with van der Waals surface area (Å²) < 4.78 is 0. The monoisotopic (exact) mass is 282 g/mol. The van der Waals surface area contributed by atoms with Crippen LogP contribution >= 0.6 is 23.5 Å². The number of nitrogens with one attached hydrogen (secondary N) is 1. The first-order chi connectivity index (χ1) is 8.74. The first-order valence-corrected chi connectivity index (χ1v) is 8.89. The largest absolute Gasteiger partial charge is 0.309 e. The Labute approximate surface area is 119 Å². The summed E-state index contributed by atoms with van der Waals surface area (Å²) in [6.45, 7) is 4.32. The summed E-state index contributed by atoms with van der Waals surface area (Å²) in [6, 6.07) is 7.44. The van der Waals surface area contributed by atoms with Crippen LogP contribution in [0.15, 0.2) is 18.2 Å². The normalized spacial score (nSPS) is 19.4. The molecule has 4 heteroatoms. The molecule has 0 radical (unpaired) electrons. The van der Waals surface area contributed by atoms with Gasteiger partial charge in [0.2, 0.25) is 0 Å². The molecule has 0 spiro atoms. The van der Waals surface area contributed by atoms with E-state index < -0.39 is 0 Å². The van der Waals surface area contributed by atoms with Gasteiger partial charge in [-0.05, 0) is 26.0 Å². The van der Waals surface area contributed by atoms with Crippen molar-refractivity contribution in [3.63, 3.8) is 0 Å². The van der Waals surface area contributed by atoms with Crippen molar-refractivity contribution in [1.82, 2.24) is 10.3 Å². The Morgan fingerprint density at radius 2 is 2.06 bits per heavy atom. The molecule has 1 saturated heterocycles. The van der Waals surface area contributed by atoms with Gasteiger partial charge in [0, 0.05) is 52.9 Å². The van der Waals surface area contributed by atoms with Crippen LogP contribution in [-0.4, -0.2) is 40.1 Å². The molecule has 2 heterocycles. The van der Waals surface area contributed by atoms with Crippen LogP contribution in [0.1, 0.15) is 18.3 Å². The van der Waals surface area contributed by atoms with Crippen molar-refractivity contribution in [2.75, 3.05) is 23.0 Å². The lowest BCUT2D eigenvalue weighted by atomic mass is 10.1. The standard InChI is InChI=1S/C14H22N2S2/c1-11-4-3-5-13(15-11)8-12(2)16-14-9-17-6-7-18-10-14/h3-5,12,14,16H,6-10H2,1-2H3/t12-/m1/s1. The number of hydrogen-bond acceptors (Lipinski definition) is 4. The Bertz CT molecular complexity index is 363. The predicted molar refractivity (Wildman–Crippen MR) is 83.7 cm³/mol. The van der Waals surface area contributed by atoms with Gasteiger partial charge in [-0.25, -0.2) is 0 Å².